The summed E-state index contributed by atoms with van der Waals surface area (Å²) in [7, 11) is 1.81. The Kier molecular flexibility index (Phi) is 10.8. The Morgan fingerprint density at radius 2 is 2.08 bits per heavy atom. The summed E-state index contributed by atoms with van der Waals surface area (Å²) < 4.78 is 2.41. The average Bonchev–Trinajstić information content (AvgIpc) is 3.36. The van der Waals surface area contributed by atoms with Crippen LogP contribution in [0.25, 0.3) is 5.65 Å². The third-order valence-corrected chi connectivity index (χ3v) is 7.98. The van der Waals surface area contributed by atoms with Crippen LogP contribution in [-0.4, -0.2) is 74.2 Å². The van der Waals surface area contributed by atoms with E-state index in [1.165, 1.54) is 0 Å². The maximum absolute atomic E-state index is 12.2. The van der Waals surface area contributed by atoms with E-state index in [1.807, 2.05) is 38.4 Å². The first-order chi connectivity index (χ1) is 18.2. The van der Waals surface area contributed by atoms with E-state index in [4.69, 9.17) is 15.8 Å². The van der Waals surface area contributed by atoms with Crippen LogP contribution >= 0.6 is 15.9 Å². The lowest BCUT2D eigenvalue weighted by Crippen LogP contribution is -2.45. The van der Waals surface area contributed by atoms with E-state index < -0.39 is 18.6 Å². The third kappa shape index (κ3) is 6.98. The number of likely N-dealkylation sites (tertiary alicyclic amines) is 1. The van der Waals surface area contributed by atoms with Crippen molar-refractivity contribution in [2.75, 3.05) is 32.5 Å². The van der Waals surface area contributed by atoms with Crippen LogP contribution in [0, 0.1) is 5.92 Å². The Bertz CT molecular complexity index is 1230. The van der Waals surface area contributed by atoms with Gasteiger partial charge in [0.05, 0.1) is 23.0 Å². The van der Waals surface area contributed by atoms with Gasteiger partial charge in [-0.1, -0.05) is 37.3 Å². The van der Waals surface area contributed by atoms with Crippen LogP contribution < -0.4 is 5.73 Å². The summed E-state index contributed by atoms with van der Waals surface area (Å²) in [5.41, 5.74) is 11.2. The molecule has 4 N–H and O–H groups in total. The van der Waals surface area contributed by atoms with Crippen LogP contribution in [0.5, 0.6) is 0 Å². The number of aliphatic hydroxyl groups is 2. The Labute approximate surface area is 233 Å². The second kappa shape index (κ2) is 13.8. The molecule has 206 valence electrons. The number of carbonyl (C=O) groups is 1. The second-order valence-corrected chi connectivity index (χ2v) is 10.5. The maximum atomic E-state index is 12.2. The second-order valence-electron chi connectivity index (χ2n) is 9.71. The first-order valence-electron chi connectivity index (χ1n) is 13.0. The average molecular weight is 588 g/mol. The van der Waals surface area contributed by atoms with Crippen molar-refractivity contribution in [2.24, 2.45) is 10.9 Å². The number of amides is 1. The molecule has 1 aliphatic heterocycles. The summed E-state index contributed by atoms with van der Waals surface area (Å²) >= 11 is 3.63. The number of allylic oxidation sites excluding steroid dienone is 5. The Hall–Kier alpha value is -2.82. The van der Waals surface area contributed by atoms with Crippen LogP contribution in [0.15, 0.2) is 52.1 Å². The van der Waals surface area contributed by atoms with Gasteiger partial charge in [-0.25, -0.2) is 4.98 Å². The van der Waals surface area contributed by atoms with Crippen molar-refractivity contribution in [1.29, 1.82) is 0 Å². The number of piperidine rings is 1. The topological polar surface area (TPSA) is 129 Å². The number of hydrogen-bond acceptors (Lipinski definition) is 7. The molecule has 2 aromatic rings. The zero-order valence-corrected chi connectivity index (χ0v) is 24.1. The summed E-state index contributed by atoms with van der Waals surface area (Å²) in [5.74, 6) is 0.460. The largest absolute Gasteiger partial charge is 0.393 e. The minimum absolute atomic E-state index is 0.0531. The van der Waals surface area contributed by atoms with Crippen molar-refractivity contribution in [1.82, 2.24) is 19.5 Å². The summed E-state index contributed by atoms with van der Waals surface area (Å²) in [6.07, 6.45) is 12.6. The molecule has 0 aromatic carbocycles. The molecule has 1 saturated heterocycles. The Morgan fingerprint density at radius 1 is 1.37 bits per heavy atom. The number of aliphatic imine (C=N–C) groups is 1. The van der Waals surface area contributed by atoms with Crippen molar-refractivity contribution in [3.05, 3.63) is 58.4 Å². The minimum Gasteiger partial charge on any atom is -0.393 e. The highest BCUT2D eigenvalue weighted by Crippen LogP contribution is 2.32. The summed E-state index contributed by atoms with van der Waals surface area (Å²) in [6.45, 7) is 8.63. The Balaban J connectivity index is 1.78. The molecule has 2 atom stereocenters. The molecule has 3 rings (SSSR count). The van der Waals surface area contributed by atoms with Crippen molar-refractivity contribution in [2.45, 2.75) is 58.0 Å². The highest BCUT2D eigenvalue weighted by Gasteiger charge is 2.28. The van der Waals surface area contributed by atoms with Gasteiger partial charge in [0.1, 0.15) is 5.82 Å². The van der Waals surface area contributed by atoms with Crippen LogP contribution in [0.2, 0.25) is 0 Å². The molecule has 3 heterocycles. The number of hydrogen-bond donors (Lipinski definition) is 3. The predicted octanol–water partition coefficient (Wildman–Crippen LogP) is 3.85. The minimum atomic E-state index is -1.35. The molecule has 1 amide bonds. The molecule has 2 unspecified atom stereocenters. The molecule has 38 heavy (non-hydrogen) atoms. The van der Waals surface area contributed by atoms with Gasteiger partial charge < -0.3 is 20.8 Å². The first-order valence-corrected chi connectivity index (χ1v) is 13.8. The number of aliphatic hydroxyl groups excluding tert-OH is 2. The fourth-order valence-corrected chi connectivity index (χ4v) is 5.25. The van der Waals surface area contributed by atoms with E-state index in [9.17, 15) is 9.90 Å². The van der Waals surface area contributed by atoms with E-state index in [1.54, 1.807) is 9.42 Å². The zero-order valence-electron chi connectivity index (χ0n) is 22.5. The molecule has 1 fully saturated rings. The molecule has 1 aliphatic rings. The smallest absolute Gasteiger partial charge is 0.253 e. The van der Waals surface area contributed by atoms with Crippen molar-refractivity contribution < 1.29 is 15.0 Å². The van der Waals surface area contributed by atoms with Gasteiger partial charge in [0.25, 0.3) is 5.91 Å². The SMILES string of the molecule is C=C/C(=C/C(C)c1cnn2c(N)c(Br)c(CC3CCN(C(=O)C(O)CO)CC3)nc12)CCC(/C=C\C)=NC. The van der Waals surface area contributed by atoms with E-state index in [-0.39, 0.29) is 5.92 Å². The molecular formula is C28H39BrN6O3. The monoisotopic (exact) mass is 586 g/mol. The lowest BCUT2D eigenvalue weighted by molar-refractivity contribution is -0.143. The van der Waals surface area contributed by atoms with Gasteiger partial charge in [0.15, 0.2) is 11.8 Å². The quantitative estimate of drug-likeness (QED) is 0.271. The molecule has 10 heteroatoms. The molecule has 2 aromatic heterocycles. The van der Waals surface area contributed by atoms with Crippen molar-refractivity contribution in [3.8, 4) is 0 Å². The molecule has 0 saturated carbocycles. The van der Waals surface area contributed by atoms with Crippen molar-refractivity contribution >= 4 is 39.0 Å². The number of nitrogens with zero attached hydrogens (tertiary/aromatic N) is 5. The number of nitrogens with two attached hydrogens (primary N) is 1. The number of carbonyl (C=O) groups excluding carboxylic acids is 1. The van der Waals surface area contributed by atoms with Gasteiger partial charge in [0, 0.05) is 37.3 Å². The lowest BCUT2D eigenvalue weighted by Gasteiger charge is -2.33. The summed E-state index contributed by atoms with van der Waals surface area (Å²) in [6, 6.07) is 0. The number of anilines is 1. The van der Waals surface area contributed by atoms with Gasteiger partial charge in [-0.15, -0.1) is 0 Å². The van der Waals surface area contributed by atoms with Crippen molar-refractivity contribution in [3.63, 3.8) is 0 Å². The van der Waals surface area contributed by atoms with Gasteiger partial charge in [0.2, 0.25) is 0 Å². The normalized spacial score (nSPS) is 17.4. The molecule has 0 radical (unpaired) electrons. The van der Waals surface area contributed by atoms with E-state index in [2.05, 4.69) is 45.6 Å². The maximum Gasteiger partial charge on any atom is 0.253 e. The fraction of sp³-hybridized carbons (Fsp3) is 0.500. The molecule has 0 aliphatic carbocycles. The third-order valence-electron chi connectivity index (χ3n) is 7.12. The Morgan fingerprint density at radius 3 is 2.68 bits per heavy atom. The number of halogens is 1. The predicted molar refractivity (Wildman–Crippen MR) is 155 cm³/mol. The van der Waals surface area contributed by atoms with Crippen LogP contribution in [-0.2, 0) is 11.2 Å². The first kappa shape index (κ1) is 29.7. The van der Waals surface area contributed by atoms with Crippen LogP contribution in [0.4, 0.5) is 5.82 Å². The number of rotatable bonds is 11. The zero-order chi connectivity index (χ0) is 27.8. The standard InChI is InChI=1S/C28H39BrN6O3/c1-5-7-21(31-4)9-8-19(6-2)14-18(3)22-16-32-35-26(30)25(29)23(33-27(22)35)15-20-10-12-34(13-11-20)28(38)24(37)17-36/h5-7,14,16,18,20,24,36-37H,2,8-13,15,17,30H2,1,3-4H3/b7-5-,19-14-,31-21?. The van der Waals surface area contributed by atoms with Crippen LogP contribution in [0.3, 0.4) is 0 Å². The summed E-state index contributed by atoms with van der Waals surface area (Å²) in [5, 5.41) is 23.2. The number of fused-ring (bicyclic) bond motifs is 1. The van der Waals surface area contributed by atoms with Crippen LogP contribution in [0.1, 0.15) is 56.7 Å². The summed E-state index contributed by atoms with van der Waals surface area (Å²) in [4.78, 5) is 23.1. The molecular weight excluding hydrogens is 548 g/mol. The number of aromatic nitrogens is 3. The highest BCUT2D eigenvalue weighted by atomic mass is 79.9. The van der Waals surface area contributed by atoms with Gasteiger partial charge in [-0.3, -0.25) is 9.79 Å². The molecule has 0 spiro atoms. The van der Waals surface area contributed by atoms with E-state index >= 15 is 0 Å². The fourth-order valence-electron chi connectivity index (χ4n) is 4.84. The molecule has 0 bridgehead atoms. The van der Waals surface area contributed by atoms with Gasteiger partial charge >= 0.3 is 0 Å². The lowest BCUT2D eigenvalue weighted by atomic mass is 9.91. The van der Waals surface area contributed by atoms with Gasteiger partial charge in [-0.05, 0) is 67.0 Å². The van der Waals surface area contributed by atoms with E-state index in [0.29, 0.717) is 31.2 Å². The van der Waals surface area contributed by atoms with E-state index in [0.717, 1.165) is 58.3 Å². The van der Waals surface area contributed by atoms with Gasteiger partial charge in [-0.2, -0.15) is 9.61 Å². The number of nitrogen functional groups attached to an aromatic ring is 1. The highest BCUT2D eigenvalue weighted by molar-refractivity contribution is 9.10. The molecule has 9 nitrogen and oxygen atoms in total.